The molecule has 1 aromatic carbocycles. The van der Waals surface area contributed by atoms with E-state index in [1.807, 2.05) is 51.1 Å². The number of para-hydroxylation sites is 1. The number of carbonyl (C=O) groups is 3. The fourth-order valence-electron chi connectivity index (χ4n) is 5.42. The predicted octanol–water partition coefficient (Wildman–Crippen LogP) is 5.75. The van der Waals surface area contributed by atoms with E-state index in [9.17, 15) is 19.2 Å². The number of amides is 3. The summed E-state index contributed by atoms with van der Waals surface area (Å²) < 4.78 is 12.6. The highest BCUT2D eigenvalue weighted by atomic mass is 16.5. The maximum Gasteiger partial charge on any atom is 0.292 e. The van der Waals surface area contributed by atoms with Crippen LogP contribution in [0.4, 0.5) is 5.69 Å². The Morgan fingerprint density at radius 1 is 1.04 bits per heavy atom. The van der Waals surface area contributed by atoms with Crippen molar-refractivity contribution in [1.82, 2.24) is 30.1 Å². The van der Waals surface area contributed by atoms with Gasteiger partial charge in [-0.25, -0.2) is 9.97 Å². The fraction of sp³-hybridized carbons (Fsp3) is 0.415. The molecule has 0 unspecified atom stereocenters. The largest absolute Gasteiger partial charge is 0.494 e. The quantitative estimate of drug-likeness (QED) is 0.109. The number of ether oxygens (including phenoxy) is 2. The van der Waals surface area contributed by atoms with Gasteiger partial charge in [-0.05, 0) is 43.9 Å². The number of methoxy groups -OCH3 is 2. The van der Waals surface area contributed by atoms with Gasteiger partial charge in [-0.1, -0.05) is 64.5 Å². The summed E-state index contributed by atoms with van der Waals surface area (Å²) in [6, 6.07) is 8.94. The van der Waals surface area contributed by atoms with Gasteiger partial charge in [0.05, 0.1) is 37.2 Å². The van der Waals surface area contributed by atoms with Gasteiger partial charge >= 0.3 is 0 Å². The number of aryl methyl sites for hydroxylation is 1. The minimum atomic E-state index is -0.447. The van der Waals surface area contributed by atoms with Gasteiger partial charge in [0.1, 0.15) is 5.75 Å². The van der Waals surface area contributed by atoms with Crippen molar-refractivity contribution >= 4 is 23.4 Å². The van der Waals surface area contributed by atoms with Gasteiger partial charge in [-0.15, -0.1) is 0 Å². The molecule has 1 saturated carbocycles. The molecule has 54 heavy (non-hydrogen) atoms. The molecule has 0 saturated heterocycles. The summed E-state index contributed by atoms with van der Waals surface area (Å²) >= 11 is 0. The maximum absolute atomic E-state index is 13.6. The third-order valence-corrected chi connectivity index (χ3v) is 8.40. The van der Waals surface area contributed by atoms with Crippen LogP contribution in [0.2, 0.25) is 0 Å². The number of pyridine rings is 1. The molecule has 290 valence electrons. The number of hydrogen-bond acceptors (Lipinski definition) is 9. The van der Waals surface area contributed by atoms with E-state index in [2.05, 4.69) is 32.8 Å². The zero-order valence-corrected chi connectivity index (χ0v) is 32.8. The lowest BCUT2D eigenvalue weighted by Gasteiger charge is -2.22. The molecule has 3 N–H and O–H groups in total. The number of aromatic nitrogens is 3. The summed E-state index contributed by atoms with van der Waals surface area (Å²) in [4.78, 5) is 62.5. The fourth-order valence-corrected chi connectivity index (χ4v) is 5.42. The maximum atomic E-state index is 13.6. The van der Waals surface area contributed by atoms with Crippen molar-refractivity contribution in [3.8, 4) is 16.9 Å². The van der Waals surface area contributed by atoms with Gasteiger partial charge in [0, 0.05) is 74.6 Å². The zero-order valence-electron chi connectivity index (χ0n) is 32.8. The lowest BCUT2D eigenvalue weighted by molar-refractivity contribution is -0.121. The highest BCUT2D eigenvalue weighted by Crippen LogP contribution is 2.37. The first kappa shape index (κ1) is 42.8. The molecular weight excluding hydrogens is 686 g/mol. The number of likely N-dealkylation sites (N-methyl/N-ethyl adjacent to an activating group) is 1. The standard InChI is InChI=1S/C39H49N7O6.C2H6/c1-7-9-14-29(43-36(47)26-17-18-26)22-33(31(12-8-2)37(48)40-3)44-32-16-10-15-30(34(32)52-6)28-23-41-35(42-24-28)39(50)46(20-21-51-5)25-27-13-11-19-45(4)38(27)49;1-2/h10-16,19,22-24,26,44H,7-9,17-18,20-21,25H2,1-6H3,(H,40,48)(H,43,47);1-2H3/b29-14-,31-12-,33-22+;. The monoisotopic (exact) mass is 741 g/mol. The first-order valence-electron chi connectivity index (χ1n) is 18.5. The van der Waals surface area contributed by atoms with Crippen molar-refractivity contribution in [3.63, 3.8) is 0 Å². The molecule has 0 spiro atoms. The van der Waals surface area contributed by atoms with Crippen LogP contribution in [0.5, 0.6) is 5.75 Å². The molecule has 13 nitrogen and oxygen atoms in total. The van der Waals surface area contributed by atoms with Crippen molar-refractivity contribution in [1.29, 1.82) is 0 Å². The minimum Gasteiger partial charge on any atom is -0.494 e. The second kappa shape index (κ2) is 21.8. The molecule has 4 rings (SSSR count). The molecule has 1 aliphatic rings. The van der Waals surface area contributed by atoms with Gasteiger partial charge in [-0.3, -0.25) is 19.2 Å². The van der Waals surface area contributed by atoms with E-state index in [4.69, 9.17) is 9.47 Å². The van der Waals surface area contributed by atoms with Crippen LogP contribution in [0.3, 0.4) is 0 Å². The van der Waals surface area contributed by atoms with Crippen molar-refractivity contribution in [3.05, 3.63) is 106 Å². The van der Waals surface area contributed by atoms with Crippen LogP contribution < -0.4 is 26.2 Å². The van der Waals surface area contributed by atoms with E-state index in [-0.39, 0.29) is 48.8 Å². The third-order valence-electron chi connectivity index (χ3n) is 8.40. The van der Waals surface area contributed by atoms with E-state index in [0.717, 1.165) is 25.7 Å². The average molecular weight is 742 g/mol. The molecule has 1 aliphatic carbocycles. The molecule has 0 aliphatic heterocycles. The molecule has 0 atom stereocenters. The SMILES string of the molecule is CC.CC/C=C(C(=O)NC)/C(=C\C(=C\CCC)NC(=O)C1CC1)Nc1cccc(-c2cnc(C(=O)N(CCOC)Cc3cccn(C)c3=O)nc2)c1OC. The second-order valence-electron chi connectivity index (χ2n) is 12.4. The molecule has 0 radical (unpaired) electrons. The van der Waals surface area contributed by atoms with Crippen LogP contribution in [-0.4, -0.2) is 71.6 Å². The number of rotatable bonds is 18. The Kier molecular flexibility index (Phi) is 17.3. The van der Waals surface area contributed by atoms with Crippen molar-refractivity contribution < 1.29 is 23.9 Å². The summed E-state index contributed by atoms with van der Waals surface area (Å²) in [5.41, 5.74) is 3.50. The Balaban J connectivity index is 0.00000385. The zero-order chi connectivity index (χ0) is 39.6. The van der Waals surface area contributed by atoms with E-state index in [1.54, 1.807) is 58.0 Å². The smallest absolute Gasteiger partial charge is 0.292 e. The molecule has 0 bridgehead atoms. The lowest BCUT2D eigenvalue weighted by atomic mass is 10.0. The molecule has 1 fully saturated rings. The molecule has 13 heteroatoms. The van der Waals surface area contributed by atoms with E-state index in [0.29, 0.717) is 51.5 Å². The van der Waals surface area contributed by atoms with Crippen molar-refractivity contribution in [2.45, 2.75) is 66.3 Å². The highest BCUT2D eigenvalue weighted by molar-refractivity contribution is 5.99. The van der Waals surface area contributed by atoms with Crippen LogP contribution in [0.15, 0.2) is 88.9 Å². The first-order chi connectivity index (χ1) is 26.1. The summed E-state index contributed by atoms with van der Waals surface area (Å²) in [5.74, 6) is -0.355. The predicted molar refractivity (Wildman–Crippen MR) is 212 cm³/mol. The molecular formula is C41H55N7O6. The summed E-state index contributed by atoms with van der Waals surface area (Å²) in [6.45, 7) is 8.57. The third kappa shape index (κ3) is 11.7. The van der Waals surface area contributed by atoms with Crippen LogP contribution >= 0.6 is 0 Å². The number of nitrogens with one attached hydrogen (secondary N) is 3. The average Bonchev–Trinajstić information content (AvgIpc) is 4.05. The normalized spacial score (nSPS) is 13.0. The Morgan fingerprint density at radius 3 is 2.37 bits per heavy atom. The van der Waals surface area contributed by atoms with Crippen LogP contribution in [-0.2, 0) is 27.9 Å². The summed E-state index contributed by atoms with van der Waals surface area (Å²) in [6.07, 6.45) is 14.2. The Bertz CT molecular complexity index is 1880. The van der Waals surface area contributed by atoms with E-state index >= 15 is 0 Å². The van der Waals surface area contributed by atoms with Crippen LogP contribution in [0, 0.1) is 5.92 Å². The molecule has 2 heterocycles. The molecule has 3 amide bonds. The van der Waals surface area contributed by atoms with Gasteiger partial charge in [-0.2, -0.15) is 0 Å². The Morgan fingerprint density at radius 2 is 1.76 bits per heavy atom. The lowest BCUT2D eigenvalue weighted by Crippen LogP contribution is -2.37. The number of hydrogen-bond donors (Lipinski definition) is 3. The topological polar surface area (TPSA) is 157 Å². The van der Waals surface area contributed by atoms with E-state index in [1.165, 1.54) is 16.6 Å². The van der Waals surface area contributed by atoms with Gasteiger partial charge in [0.15, 0.2) is 0 Å². The highest BCUT2D eigenvalue weighted by Gasteiger charge is 2.30. The van der Waals surface area contributed by atoms with Gasteiger partial charge in [0.2, 0.25) is 11.7 Å². The first-order valence-corrected chi connectivity index (χ1v) is 18.5. The number of benzene rings is 1. The van der Waals surface area contributed by atoms with Crippen LogP contribution in [0.25, 0.3) is 11.1 Å². The van der Waals surface area contributed by atoms with Gasteiger partial charge in [0.25, 0.3) is 17.4 Å². The minimum absolute atomic E-state index is 0.00599. The van der Waals surface area contributed by atoms with Gasteiger partial charge < -0.3 is 34.9 Å². The van der Waals surface area contributed by atoms with Crippen molar-refractivity contribution in [2.75, 3.05) is 39.7 Å². The van der Waals surface area contributed by atoms with E-state index < -0.39 is 5.91 Å². The molecule has 3 aromatic rings. The number of nitrogens with zero attached hydrogens (tertiary/aromatic N) is 4. The Labute approximate surface area is 318 Å². The summed E-state index contributed by atoms with van der Waals surface area (Å²) in [5, 5.41) is 9.17. The number of carbonyl (C=O) groups excluding carboxylic acids is 3. The molecule has 2 aromatic heterocycles. The van der Waals surface area contributed by atoms with Crippen molar-refractivity contribution in [2.24, 2.45) is 13.0 Å². The number of unbranched alkanes of at least 4 members (excludes halogenated alkanes) is 1. The Hall–Kier alpha value is -5.56. The number of allylic oxidation sites excluding steroid dienone is 3. The second-order valence-corrected chi connectivity index (χ2v) is 12.4. The number of anilines is 1. The van der Waals surface area contributed by atoms with Crippen LogP contribution in [0.1, 0.15) is 76.0 Å². The summed E-state index contributed by atoms with van der Waals surface area (Å²) in [7, 11) is 6.31.